The molecule has 1 N–H and O–H groups in total. The molecule has 1 amide bonds. The van der Waals surface area contributed by atoms with E-state index in [-0.39, 0.29) is 5.91 Å². The highest BCUT2D eigenvalue weighted by Gasteiger charge is 2.02. The maximum absolute atomic E-state index is 11.3. The second-order valence-corrected chi connectivity index (χ2v) is 4.88. The van der Waals surface area contributed by atoms with E-state index >= 15 is 0 Å². The van der Waals surface area contributed by atoms with Crippen molar-refractivity contribution in [3.63, 3.8) is 0 Å². The summed E-state index contributed by atoms with van der Waals surface area (Å²) in [6, 6.07) is 5.13. The lowest BCUT2D eigenvalue weighted by Gasteiger charge is -2.02. The molecule has 0 heterocycles. The highest BCUT2D eigenvalue weighted by molar-refractivity contribution is 6.42. The van der Waals surface area contributed by atoms with Crippen molar-refractivity contribution in [3.8, 4) is 0 Å². The molecule has 0 spiro atoms. The van der Waals surface area contributed by atoms with Crippen LogP contribution < -0.4 is 5.43 Å². The predicted octanol–water partition coefficient (Wildman–Crippen LogP) is 3.49. The van der Waals surface area contributed by atoms with Crippen LogP contribution in [0.2, 0.25) is 10.0 Å². The first-order valence-electron chi connectivity index (χ1n) is 5.26. The zero-order valence-electron chi connectivity index (χ0n) is 9.71. The molecule has 0 saturated carbocycles. The molecular formula is C12H14Cl2N2O. The summed E-state index contributed by atoms with van der Waals surface area (Å²) in [6.07, 6.45) is 1.99. The lowest BCUT2D eigenvalue weighted by molar-refractivity contribution is -0.121. The van der Waals surface area contributed by atoms with Gasteiger partial charge in [-0.1, -0.05) is 43.1 Å². The first-order valence-corrected chi connectivity index (χ1v) is 6.01. The minimum absolute atomic E-state index is 0.101. The normalized spacial score (nSPS) is 11.1. The van der Waals surface area contributed by atoms with Gasteiger partial charge in [0.05, 0.1) is 16.3 Å². The Bertz CT molecular complexity index is 431. The van der Waals surface area contributed by atoms with Crippen molar-refractivity contribution in [1.82, 2.24) is 5.43 Å². The summed E-state index contributed by atoms with van der Waals surface area (Å²) < 4.78 is 0. The maximum Gasteiger partial charge on any atom is 0.240 e. The van der Waals surface area contributed by atoms with Crippen LogP contribution in [0.5, 0.6) is 0 Å². The van der Waals surface area contributed by atoms with E-state index in [4.69, 9.17) is 23.2 Å². The number of carbonyl (C=O) groups excluding carboxylic acids is 1. The van der Waals surface area contributed by atoms with E-state index < -0.39 is 0 Å². The van der Waals surface area contributed by atoms with Crippen molar-refractivity contribution >= 4 is 35.3 Å². The maximum atomic E-state index is 11.3. The first kappa shape index (κ1) is 14.0. The van der Waals surface area contributed by atoms with Gasteiger partial charge >= 0.3 is 0 Å². The van der Waals surface area contributed by atoms with E-state index in [1.54, 1.807) is 18.2 Å². The average molecular weight is 273 g/mol. The van der Waals surface area contributed by atoms with Crippen molar-refractivity contribution in [3.05, 3.63) is 33.8 Å². The molecule has 0 radical (unpaired) electrons. The lowest BCUT2D eigenvalue weighted by Crippen LogP contribution is -2.19. The Morgan fingerprint density at radius 3 is 2.71 bits per heavy atom. The van der Waals surface area contributed by atoms with Gasteiger partial charge in [-0.3, -0.25) is 4.79 Å². The van der Waals surface area contributed by atoms with Crippen LogP contribution in [0.25, 0.3) is 0 Å². The standard InChI is InChI=1S/C12H14Cl2N2O/c1-8(2)5-12(17)16-15-7-9-3-4-10(13)11(14)6-9/h3-4,6-8H,5H2,1-2H3,(H,16,17)/b15-7+. The van der Waals surface area contributed by atoms with Crippen molar-refractivity contribution < 1.29 is 4.79 Å². The zero-order chi connectivity index (χ0) is 12.8. The second-order valence-electron chi connectivity index (χ2n) is 4.06. The van der Waals surface area contributed by atoms with Crippen LogP contribution in [0.1, 0.15) is 25.8 Å². The fraction of sp³-hybridized carbons (Fsp3) is 0.333. The molecule has 1 aromatic rings. The number of amides is 1. The summed E-state index contributed by atoms with van der Waals surface area (Å²) >= 11 is 11.6. The van der Waals surface area contributed by atoms with E-state index in [1.807, 2.05) is 13.8 Å². The Balaban J connectivity index is 2.53. The summed E-state index contributed by atoms with van der Waals surface area (Å²) in [5.74, 6) is 0.214. The van der Waals surface area contributed by atoms with Crippen molar-refractivity contribution in [2.45, 2.75) is 20.3 Å². The van der Waals surface area contributed by atoms with Gasteiger partial charge in [-0.25, -0.2) is 5.43 Å². The molecule has 0 aliphatic heterocycles. The molecule has 0 fully saturated rings. The molecule has 0 aliphatic rings. The summed E-state index contributed by atoms with van der Waals surface area (Å²) in [5.41, 5.74) is 3.23. The number of carbonyl (C=O) groups is 1. The van der Waals surface area contributed by atoms with Gasteiger partial charge in [0.15, 0.2) is 0 Å². The minimum Gasteiger partial charge on any atom is -0.273 e. The molecule has 1 rings (SSSR count). The van der Waals surface area contributed by atoms with Gasteiger partial charge in [0, 0.05) is 6.42 Å². The Morgan fingerprint density at radius 1 is 1.41 bits per heavy atom. The number of hydrazone groups is 1. The molecule has 0 aliphatic carbocycles. The third kappa shape index (κ3) is 5.20. The molecule has 0 atom stereocenters. The molecule has 1 aromatic carbocycles. The minimum atomic E-state index is -0.101. The SMILES string of the molecule is CC(C)CC(=O)N/N=C/c1ccc(Cl)c(Cl)c1. The van der Waals surface area contributed by atoms with Gasteiger partial charge in [-0.15, -0.1) is 0 Å². The number of hydrogen-bond donors (Lipinski definition) is 1. The number of nitrogens with one attached hydrogen (secondary N) is 1. The summed E-state index contributed by atoms with van der Waals surface area (Å²) in [4.78, 5) is 11.3. The Morgan fingerprint density at radius 2 is 2.12 bits per heavy atom. The van der Waals surface area contributed by atoms with Crippen LogP contribution >= 0.6 is 23.2 Å². The largest absolute Gasteiger partial charge is 0.273 e. The topological polar surface area (TPSA) is 41.5 Å². The van der Waals surface area contributed by atoms with Crippen molar-refractivity contribution in [2.75, 3.05) is 0 Å². The van der Waals surface area contributed by atoms with Crippen LogP contribution in [0, 0.1) is 5.92 Å². The van der Waals surface area contributed by atoms with Crippen molar-refractivity contribution in [1.29, 1.82) is 0 Å². The van der Waals surface area contributed by atoms with E-state index in [2.05, 4.69) is 10.5 Å². The van der Waals surface area contributed by atoms with Crippen LogP contribution in [-0.2, 0) is 4.79 Å². The van der Waals surface area contributed by atoms with Gasteiger partial charge in [-0.05, 0) is 23.6 Å². The average Bonchev–Trinajstić information content (AvgIpc) is 2.22. The van der Waals surface area contributed by atoms with E-state index in [9.17, 15) is 4.79 Å². The lowest BCUT2D eigenvalue weighted by atomic mass is 10.1. The number of hydrogen-bond acceptors (Lipinski definition) is 2. The molecule has 17 heavy (non-hydrogen) atoms. The highest BCUT2D eigenvalue weighted by atomic mass is 35.5. The second kappa shape index (κ2) is 6.62. The Labute approximate surface area is 111 Å². The molecular weight excluding hydrogens is 259 g/mol. The molecule has 3 nitrogen and oxygen atoms in total. The van der Waals surface area contributed by atoms with Gasteiger partial charge in [0.2, 0.25) is 5.91 Å². The number of halogens is 2. The number of nitrogens with zero attached hydrogens (tertiary/aromatic N) is 1. The fourth-order valence-corrected chi connectivity index (χ4v) is 1.49. The molecule has 5 heteroatoms. The smallest absolute Gasteiger partial charge is 0.240 e. The van der Waals surface area contributed by atoms with Gasteiger partial charge in [0.1, 0.15) is 0 Å². The highest BCUT2D eigenvalue weighted by Crippen LogP contribution is 2.21. The van der Waals surface area contributed by atoms with Gasteiger partial charge < -0.3 is 0 Å². The molecule has 0 saturated heterocycles. The molecule has 92 valence electrons. The first-order chi connectivity index (χ1) is 7.99. The summed E-state index contributed by atoms with van der Waals surface area (Å²) in [5, 5.41) is 4.79. The third-order valence-corrected chi connectivity index (χ3v) is 2.68. The van der Waals surface area contributed by atoms with E-state index in [1.165, 1.54) is 6.21 Å². The van der Waals surface area contributed by atoms with Crippen molar-refractivity contribution in [2.24, 2.45) is 11.0 Å². The zero-order valence-corrected chi connectivity index (χ0v) is 11.2. The van der Waals surface area contributed by atoms with Gasteiger partial charge in [0.25, 0.3) is 0 Å². The molecule has 0 bridgehead atoms. The quantitative estimate of drug-likeness (QED) is 0.662. The van der Waals surface area contributed by atoms with E-state index in [0.29, 0.717) is 22.4 Å². The monoisotopic (exact) mass is 272 g/mol. The fourth-order valence-electron chi connectivity index (χ4n) is 1.19. The van der Waals surface area contributed by atoms with Crippen LogP contribution in [0.3, 0.4) is 0 Å². The van der Waals surface area contributed by atoms with Crippen LogP contribution in [-0.4, -0.2) is 12.1 Å². The number of rotatable bonds is 4. The Kier molecular flexibility index (Phi) is 5.45. The predicted molar refractivity (Wildman–Crippen MR) is 71.7 cm³/mol. The molecule has 0 aromatic heterocycles. The summed E-state index contributed by atoms with van der Waals surface area (Å²) in [7, 11) is 0. The Hall–Kier alpha value is -1.06. The van der Waals surface area contributed by atoms with Crippen LogP contribution in [0.4, 0.5) is 0 Å². The van der Waals surface area contributed by atoms with E-state index in [0.717, 1.165) is 5.56 Å². The molecule has 0 unspecified atom stereocenters. The number of benzene rings is 1. The van der Waals surface area contributed by atoms with Crippen LogP contribution in [0.15, 0.2) is 23.3 Å². The third-order valence-electron chi connectivity index (χ3n) is 1.94. The van der Waals surface area contributed by atoms with Gasteiger partial charge in [-0.2, -0.15) is 5.10 Å². The summed E-state index contributed by atoms with van der Waals surface area (Å²) in [6.45, 7) is 3.95.